The Morgan fingerprint density at radius 1 is 1.44 bits per heavy atom. The Bertz CT molecular complexity index is 387. The Morgan fingerprint density at radius 3 is 2.78 bits per heavy atom. The Morgan fingerprint density at radius 2 is 2.17 bits per heavy atom. The second-order valence-electron chi connectivity index (χ2n) is 4.20. The number of rotatable bonds is 4. The van der Waals surface area contributed by atoms with E-state index in [1.807, 2.05) is 24.3 Å². The molecule has 2 rings (SSSR count). The summed E-state index contributed by atoms with van der Waals surface area (Å²) in [6.45, 7) is 3.93. The molecule has 3 atom stereocenters. The van der Waals surface area contributed by atoms with Crippen molar-refractivity contribution in [1.29, 1.82) is 0 Å². The molecule has 1 saturated heterocycles. The van der Waals surface area contributed by atoms with Crippen LogP contribution < -0.4 is 4.74 Å². The predicted molar refractivity (Wildman–Crippen MR) is 67.4 cm³/mol. The number of methoxy groups -OCH3 is 1. The van der Waals surface area contributed by atoms with Crippen LogP contribution in [0.4, 0.5) is 0 Å². The van der Waals surface area contributed by atoms with Gasteiger partial charge in [0.25, 0.3) is 0 Å². The fraction of sp³-hybridized carbons (Fsp3) is 0.429. The minimum Gasteiger partial charge on any atom is -0.497 e. The number of benzene rings is 1. The molecule has 1 aliphatic heterocycles. The summed E-state index contributed by atoms with van der Waals surface area (Å²) >= 11 is 0. The van der Waals surface area contributed by atoms with Gasteiger partial charge in [-0.15, -0.1) is 6.58 Å². The molecule has 4 nitrogen and oxygen atoms in total. The predicted octanol–water partition coefficient (Wildman–Crippen LogP) is 2.05. The molecule has 0 saturated carbocycles. The first-order chi connectivity index (χ1) is 8.74. The van der Waals surface area contributed by atoms with Crippen molar-refractivity contribution in [2.24, 2.45) is 0 Å². The van der Waals surface area contributed by atoms with Crippen molar-refractivity contribution in [2.45, 2.75) is 24.9 Å². The van der Waals surface area contributed by atoms with Gasteiger partial charge in [0.1, 0.15) is 11.9 Å². The summed E-state index contributed by atoms with van der Waals surface area (Å²) in [5.74, 6) is 0.789. The molecule has 0 aromatic heterocycles. The summed E-state index contributed by atoms with van der Waals surface area (Å²) in [4.78, 5) is 0. The zero-order valence-corrected chi connectivity index (χ0v) is 10.4. The molecular formula is C14H18O4. The molecule has 1 unspecified atom stereocenters. The third-order valence-corrected chi connectivity index (χ3v) is 2.93. The molecular weight excluding hydrogens is 232 g/mol. The van der Waals surface area contributed by atoms with Crippen LogP contribution in [0.15, 0.2) is 36.9 Å². The summed E-state index contributed by atoms with van der Waals surface area (Å²) in [5.41, 5.74) is 0.914. The lowest BCUT2D eigenvalue weighted by Gasteiger charge is -2.33. The standard InChI is InChI=1S/C14H18O4/c1-3-4-13-12(15)9-17-14(18-13)10-5-7-11(16-2)8-6-10/h3,5-8,12-15H,1,4,9H2,2H3/t12-,13-,14?/m0/s1. The molecule has 1 fully saturated rings. The van der Waals surface area contributed by atoms with E-state index in [9.17, 15) is 5.11 Å². The van der Waals surface area contributed by atoms with Gasteiger partial charge in [0.05, 0.1) is 19.8 Å². The van der Waals surface area contributed by atoms with E-state index in [0.29, 0.717) is 6.42 Å². The zero-order valence-electron chi connectivity index (χ0n) is 10.4. The van der Waals surface area contributed by atoms with Gasteiger partial charge in [-0.2, -0.15) is 0 Å². The van der Waals surface area contributed by atoms with E-state index in [-0.39, 0.29) is 12.7 Å². The maximum atomic E-state index is 9.73. The molecule has 1 N–H and O–H groups in total. The van der Waals surface area contributed by atoms with Crippen molar-refractivity contribution in [3.63, 3.8) is 0 Å². The van der Waals surface area contributed by atoms with Crippen molar-refractivity contribution in [1.82, 2.24) is 0 Å². The van der Waals surface area contributed by atoms with E-state index in [1.165, 1.54) is 0 Å². The molecule has 0 bridgehead atoms. The van der Waals surface area contributed by atoms with E-state index in [0.717, 1.165) is 11.3 Å². The van der Waals surface area contributed by atoms with Crippen molar-refractivity contribution in [2.75, 3.05) is 13.7 Å². The van der Waals surface area contributed by atoms with Crippen LogP contribution in [0.25, 0.3) is 0 Å². The molecule has 0 aliphatic carbocycles. The van der Waals surface area contributed by atoms with E-state index in [4.69, 9.17) is 14.2 Å². The van der Waals surface area contributed by atoms with Gasteiger partial charge >= 0.3 is 0 Å². The quantitative estimate of drug-likeness (QED) is 0.831. The van der Waals surface area contributed by atoms with Crippen molar-refractivity contribution in [3.8, 4) is 5.75 Å². The summed E-state index contributed by atoms with van der Waals surface area (Å²) in [7, 11) is 1.62. The lowest BCUT2D eigenvalue weighted by Crippen LogP contribution is -2.40. The van der Waals surface area contributed by atoms with Crippen LogP contribution in [0.3, 0.4) is 0 Å². The van der Waals surface area contributed by atoms with Crippen LogP contribution in [-0.2, 0) is 9.47 Å². The maximum Gasteiger partial charge on any atom is 0.184 e. The highest BCUT2D eigenvalue weighted by molar-refractivity contribution is 5.28. The number of hydrogen-bond acceptors (Lipinski definition) is 4. The molecule has 1 aromatic rings. The number of ether oxygens (including phenoxy) is 3. The maximum absolute atomic E-state index is 9.73. The lowest BCUT2D eigenvalue weighted by molar-refractivity contribution is -0.255. The monoisotopic (exact) mass is 250 g/mol. The average molecular weight is 250 g/mol. The van der Waals surface area contributed by atoms with Gasteiger partial charge in [-0.3, -0.25) is 0 Å². The number of aliphatic hydroxyl groups is 1. The van der Waals surface area contributed by atoms with E-state index in [2.05, 4.69) is 6.58 Å². The SMILES string of the molecule is C=CC[C@@H]1OC(c2ccc(OC)cc2)OC[C@@H]1O. The minimum atomic E-state index is -0.600. The molecule has 0 spiro atoms. The smallest absolute Gasteiger partial charge is 0.184 e. The highest BCUT2D eigenvalue weighted by Gasteiger charge is 2.30. The Balaban J connectivity index is 2.05. The van der Waals surface area contributed by atoms with E-state index in [1.54, 1.807) is 13.2 Å². The summed E-state index contributed by atoms with van der Waals surface area (Å²) in [6.07, 6.45) is 1.05. The Labute approximate surface area is 107 Å². The van der Waals surface area contributed by atoms with Crippen LogP contribution in [0.2, 0.25) is 0 Å². The Kier molecular flexibility index (Phi) is 4.36. The van der Waals surface area contributed by atoms with Gasteiger partial charge in [-0.25, -0.2) is 0 Å². The normalized spacial score (nSPS) is 27.8. The number of hydrogen-bond donors (Lipinski definition) is 1. The summed E-state index contributed by atoms with van der Waals surface area (Å²) < 4.78 is 16.3. The highest BCUT2D eigenvalue weighted by atomic mass is 16.7. The molecule has 0 amide bonds. The molecule has 4 heteroatoms. The highest BCUT2D eigenvalue weighted by Crippen LogP contribution is 2.28. The first kappa shape index (κ1) is 13.1. The van der Waals surface area contributed by atoms with Gasteiger partial charge < -0.3 is 19.3 Å². The lowest BCUT2D eigenvalue weighted by atomic mass is 10.1. The molecule has 0 radical (unpaired) electrons. The van der Waals surface area contributed by atoms with Crippen LogP contribution >= 0.6 is 0 Å². The van der Waals surface area contributed by atoms with Gasteiger partial charge in [0.15, 0.2) is 6.29 Å². The third-order valence-electron chi connectivity index (χ3n) is 2.93. The fourth-order valence-corrected chi connectivity index (χ4v) is 1.89. The second kappa shape index (κ2) is 6.00. The van der Waals surface area contributed by atoms with E-state index >= 15 is 0 Å². The average Bonchev–Trinajstić information content (AvgIpc) is 2.42. The molecule has 1 aliphatic rings. The van der Waals surface area contributed by atoms with Gasteiger partial charge in [-0.1, -0.05) is 18.2 Å². The number of aliphatic hydroxyl groups excluding tert-OH is 1. The van der Waals surface area contributed by atoms with Crippen LogP contribution in [0.5, 0.6) is 5.75 Å². The van der Waals surface area contributed by atoms with Crippen LogP contribution in [-0.4, -0.2) is 31.0 Å². The van der Waals surface area contributed by atoms with Crippen molar-refractivity contribution >= 4 is 0 Å². The first-order valence-corrected chi connectivity index (χ1v) is 5.94. The first-order valence-electron chi connectivity index (χ1n) is 5.94. The molecule has 1 heterocycles. The topological polar surface area (TPSA) is 47.9 Å². The minimum absolute atomic E-state index is 0.261. The fourth-order valence-electron chi connectivity index (χ4n) is 1.89. The summed E-state index contributed by atoms with van der Waals surface area (Å²) in [6, 6.07) is 7.50. The third kappa shape index (κ3) is 2.90. The van der Waals surface area contributed by atoms with Gasteiger partial charge in [0, 0.05) is 5.56 Å². The molecule has 98 valence electrons. The largest absolute Gasteiger partial charge is 0.497 e. The molecule has 1 aromatic carbocycles. The van der Waals surface area contributed by atoms with Gasteiger partial charge in [0.2, 0.25) is 0 Å². The van der Waals surface area contributed by atoms with E-state index < -0.39 is 12.4 Å². The van der Waals surface area contributed by atoms with Gasteiger partial charge in [-0.05, 0) is 18.6 Å². The Hall–Kier alpha value is -1.36. The zero-order chi connectivity index (χ0) is 13.0. The summed E-state index contributed by atoms with van der Waals surface area (Å²) in [5, 5.41) is 9.73. The molecule has 18 heavy (non-hydrogen) atoms. The van der Waals surface area contributed by atoms with Crippen LogP contribution in [0.1, 0.15) is 18.3 Å². The second-order valence-corrected chi connectivity index (χ2v) is 4.20. The van der Waals surface area contributed by atoms with Crippen molar-refractivity contribution < 1.29 is 19.3 Å². The van der Waals surface area contributed by atoms with Crippen LogP contribution in [0, 0.1) is 0 Å². The van der Waals surface area contributed by atoms with Crippen molar-refractivity contribution in [3.05, 3.63) is 42.5 Å².